The zero-order chi connectivity index (χ0) is 17.6. The predicted molar refractivity (Wildman–Crippen MR) is 91.8 cm³/mol. The summed E-state index contributed by atoms with van der Waals surface area (Å²) < 4.78 is 18.9. The second-order valence-electron chi connectivity index (χ2n) is 5.80. The minimum absolute atomic E-state index is 0.116. The summed E-state index contributed by atoms with van der Waals surface area (Å²) in [6, 6.07) is 13.3. The molecule has 0 saturated carbocycles. The number of anilines is 1. The van der Waals surface area contributed by atoms with Gasteiger partial charge in [0.05, 0.1) is 0 Å². The van der Waals surface area contributed by atoms with E-state index in [1.54, 1.807) is 47.4 Å². The number of rotatable bonds is 6. The zero-order valence-corrected chi connectivity index (χ0v) is 13.7. The van der Waals surface area contributed by atoms with Gasteiger partial charge in [0.2, 0.25) is 5.91 Å². The first-order valence-electron chi connectivity index (χ1n) is 8.17. The predicted octanol–water partition coefficient (Wildman–Crippen LogP) is 2.65. The molecule has 3 rings (SSSR count). The summed E-state index contributed by atoms with van der Waals surface area (Å²) in [5, 5.41) is 2.62. The quantitative estimate of drug-likeness (QED) is 0.878. The van der Waals surface area contributed by atoms with E-state index in [0.29, 0.717) is 17.7 Å². The van der Waals surface area contributed by atoms with Gasteiger partial charge in [-0.25, -0.2) is 4.39 Å². The van der Waals surface area contributed by atoms with Crippen molar-refractivity contribution in [2.75, 3.05) is 18.1 Å². The third-order valence-corrected chi connectivity index (χ3v) is 4.03. The van der Waals surface area contributed by atoms with Gasteiger partial charge >= 0.3 is 0 Å². The highest BCUT2D eigenvalue weighted by atomic mass is 19.1. The van der Waals surface area contributed by atoms with Crippen molar-refractivity contribution in [3.63, 3.8) is 0 Å². The minimum atomic E-state index is -0.351. The summed E-state index contributed by atoms with van der Waals surface area (Å²) in [6.07, 6.45) is 1.46. The lowest BCUT2D eigenvalue weighted by Crippen LogP contribution is -2.28. The van der Waals surface area contributed by atoms with E-state index in [-0.39, 0.29) is 30.8 Å². The largest absolute Gasteiger partial charge is 0.484 e. The van der Waals surface area contributed by atoms with Gasteiger partial charge in [0, 0.05) is 30.8 Å². The molecule has 6 heteroatoms. The molecule has 1 aliphatic heterocycles. The van der Waals surface area contributed by atoms with Crippen LogP contribution in [0.1, 0.15) is 18.4 Å². The highest BCUT2D eigenvalue weighted by Gasteiger charge is 2.21. The molecule has 0 radical (unpaired) electrons. The van der Waals surface area contributed by atoms with E-state index >= 15 is 0 Å². The number of ether oxygens (including phenoxy) is 1. The summed E-state index contributed by atoms with van der Waals surface area (Å²) in [7, 11) is 0. The van der Waals surface area contributed by atoms with Gasteiger partial charge in [0.15, 0.2) is 6.61 Å². The maximum atomic E-state index is 13.5. The molecule has 0 aliphatic carbocycles. The first kappa shape index (κ1) is 17.0. The van der Waals surface area contributed by atoms with E-state index in [0.717, 1.165) is 18.7 Å². The Morgan fingerprint density at radius 3 is 2.60 bits per heavy atom. The molecule has 1 saturated heterocycles. The summed E-state index contributed by atoms with van der Waals surface area (Å²) in [5.74, 6) is -0.0181. The molecular formula is C19H19FN2O3. The number of nitrogens with one attached hydrogen (secondary N) is 1. The van der Waals surface area contributed by atoms with Gasteiger partial charge in [-0.1, -0.05) is 18.2 Å². The minimum Gasteiger partial charge on any atom is -0.484 e. The highest BCUT2D eigenvalue weighted by Crippen LogP contribution is 2.23. The van der Waals surface area contributed by atoms with Crippen molar-refractivity contribution in [1.29, 1.82) is 0 Å². The Kier molecular flexibility index (Phi) is 5.28. The van der Waals surface area contributed by atoms with Crippen LogP contribution in [0, 0.1) is 5.82 Å². The molecule has 0 spiro atoms. The van der Waals surface area contributed by atoms with Gasteiger partial charge in [0.25, 0.3) is 5.91 Å². The first-order chi connectivity index (χ1) is 12.1. The number of halogens is 1. The Labute approximate surface area is 145 Å². The number of amides is 2. The normalized spacial score (nSPS) is 13.8. The number of carbonyl (C=O) groups excluding carboxylic acids is 2. The summed E-state index contributed by atoms with van der Waals surface area (Å²) >= 11 is 0. The Morgan fingerprint density at radius 1 is 1.16 bits per heavy atom. The fourth-order valence-electron chi connectivity index (χ4n) is 2.68. The van der Waals surface area contributed by atoms with E-state index in [1.165, 1.54) is 6.07 Å². The van der Waals surface area contributed by atoms with Crippen LogP contribution in [-0.4, -0.2) is 25.0 Å². The van der Waals surface area contributed by atoms with Gasteiger partial charge in [-0.15, -0.1) is 0 Å². The fraction of sp³-hybridized carbons (Fsp3) is 0.263. The number of nitrogens with zero attached hydrogens (tertiary/aromatic N) is 1. The zero-order valence-electron chi connectivity index (χ0n) is 13.7. The van der Waals surface area contributed by atoms with Crippen molar-refractivity contribution in [1.82, 2.24) is 5.32 Å². The molecular weight excluding hydrogens is 323 g/mol. The van der Waals surface area contributed by atoms with Gasteiger partial charge in [0.1, 0.15) is 11.6 Å². The Balaban J connectivity index is 1.47. The van der Waals surface area contributed by atoms with Crippen LogP contribution in [0.25, 0.3) is 0 Å². The standard InChI is InChI=1S/C19H19FN2O3/c20-17-5-2-1-4-14(17)12-21-18(23)13-25-16-9-7-15(8-10-16)22-11-3-6-19(22)24/h1-2,4-5,7-10H,3,6,11-13H2,(H,21,23). The summed E-state index contributed by atoms with van der Waals surface area (Å²) in [5.41, 5.74) is 1.26. The van der Waals surface area contributed by atoms with Crippen molar-refractivity contribution in [3.8, 4) is 5.75 Å². The van der Waals surface area contributed by atoms with E-state index in [2.05, 4.69) is 5.32 Å². The Morgan fingerprint density at radius 2 is 1.92 bits per heavy atom. The molecule has 2 amide bonds. The fourth-order valence-corrected chi connectivity index (χ4v) is 2.68. The Bertz CT molecular complexity index is 762. The van der Waals surface area contributed by atoms with E-state index in [9.17, 15) is 14.0 Å². The molecule has 2 aromatic carbocycles. The molecule has 1 aliphatic rings. The summed E-state index contributed by atoms with van der Waals surface area (Å²) in [6.45, 7) is 0.693. The lowest BCUT2D eigenvalue weighted by Gasteiger charge is -2.16. The molecule has 0 bridgehead atoms. The lowest BCUT2D eigenvalue weighted by molar-refractivity contribution is -0.123. The smallest absolute Gasteiger partial charge is 0.258 e. The highest BCUT2D eigenvalue weighted by molar-refractivity contribution is 5.95. The second kappa shape index (κ2) is 7.79. The van der Waals surface area contributed by atoms with Crippen LogP contribution in [0.4, 0.5) is 10.1 Å². The SMILES string of the molecule is O=C(COc1ccc(N2CCCC2=O)cc1)NCc1ccccc1F. The van der Waals surface area contributed by atoms with Crippen molar-refractivity contribution < 1.29 is 18.7 Å². The van der Waals surface area contributed by atoms with Crippen LogP contribution in [0.5, 0.6) is 5.75 Å². The molecule has 2 aromatic rings. The van der Waals surface area contributed by atoms with Crippen LogP contribution in [0.2, 0.25) is 0 Å². The monoisotopic (exact) mass is 342 g/mol. The number of carbonyl (C=O) groups is 2. The topological polar surface area (TPSA) is 58.6 Å². The molecule has 0 unspecified atom stereocenters. The summed E-state index contributed by atoms with van der Waals surface area (Å²) in [4.78, 5) is 25.3. The van der Waals surface area contributed by atoms with Crippen molar-refractivity contribution >= 4 is 17.5 Å². The second-order valence-corrected chi connectivity index (χ2v) is 5.80. The van der Waals surface area contributed by atoms with Crippen LogP contribution >= 0.6 is 0 Å². The van der Waals surface area contributed by atoms with Gasteiger partial charge in [-0.3, -0.25) is 9.59 Å². The third-order valence-electron chi connectivity index (χ3n) is 4.03. The molecule has 0 aromatic heterocycles. The molecule has 0 atom stereocenters. The molecule has 1 N–H and O–H groups in total. The van der Waals surface area contributed by atoms with Gasteiger partial charge in [-0.2, -0.15) is 0 Å². The molecule has 1 fully saturated rings. The van der Waals surface area contributed by atoms with E-state index in [4.69, 9.17) is 4.74 Å². The van der Waals surface area contributed by atoms with Crippen molar-refractivity contribution in [2.45, 2.75) is 19.4 Å². The molecule has 5 nitrogen and oxygen atoms in total. The number of hydrogen-bond donors (Lipinski definition) is 1. The van der Waals surface area contributed by atoms with Crippen LogP contribution in [0.15, 0.2) is 48.5 Å². The average molecular weight is 342 g/mol. The number of hydrogen-bond acceptors (Lipinski definition) is 3. The van der Waals surface area contributed by atoms with Crippen LogP contribution in [0.3, 0.4) is 0 Å². The molecule has 25 heavy (non-hydrogen) atoms. The maximum absolute atomic E-state index is 13.5. The number of benzene rings is 2. The average Bonchev–Trinajstić information content (AvgIpc) is 3.06. The van der Waals surface area contributed by atoms with E-state index in [1.807, 2.05) is 0 Å². The molecule has 130 valence electrons. The third kappa shape index (κ3) is 4.35. The van der Waals surface area contributed by atoms with Gasteiger partial charge < -0.3 is 15.0 Å². The van der Waals surface area contributed by atoms with Gasteiger partial charge in [-0.05, 0) is 36.8 Å². The van der Waals surface area contributed by atoms with Crippen molar-refractivity contribution in [3.05, 3.63) is 59.9 Å². The maximum Gasteiger partial charge on any atom is 0.258 e. The Hall–Kier alpha value is -2.89. The van der Waals surface area contributed by atoms with Crippen molar-refractivity contribution in [2.24, 2.45) is 0 Å². The van der Waals surface area contributed by atoms with E-state index < -0.39 is 0 Å². The lowest BCUT2D eigenvalue weighted by atomic mass is 10.2. The van der Waals surface area contributed by atoms with Crippen LogP contribution in [-0.2, 0) is 16.1 Å². The van der Waals surface area contributed by atoms with Crippen LogP contribution < -0.4 is 15.0 Å². The molecule has 1 heterocycles. The first-order valence-corrected chi connectivity index (χ1v) is 8.17.